The molecule has 0 unspecified atom stereocenters. The topological polar surface area (TPSA) is 84.2 Å². The third kappa shape index (κ3) is 3.96. The van der Waals surface area contributed by atoms with E-state index in [1.165, 1.54) is 16.9 Å². The van der Waals surface area contributed by atoms with Crippen LogP contribution in [0.2, 0.25) is 5.02 Å². The SMILES string of the molecule is O=S(=O)(Nn1nc(-c2ccccc2O)cc1-c1ccc(Cl)cc1)c1ccccc1. The van der Waals surface area contributed by atoms with Crippen molar-refractivity contribution in [3.05, 3.63) is 90.0 Å². The Hall–Kier alpha value is -3.29. The molecule has 1 aromatic heterocycles. The van der Waals surface area contributed by atoms with Gasteiger partial charge in [-0.2, -0.15) is 23.1 Å². The van der Waals surface area contributed by atoms with Gasteiger partial charge in [0, 0.05) is 16.1 Å². The van der Waals surface area contributed by atoms with Crippen molar-refractivity contribution < 1.29 is 13.5 Å². The van der Waals surface area contributed by atoms with Crippen LogP contribution in [0.25, 0.3) is 22.5 Å². The summed E-state index contributed by atoms with van der Waals surface area (Å²) in [5, 5.41) is 15.1. The Morgan fingerprint density at radius 2 is 1.55 bits per heavy atom. The first kappa shape index (κ1) is 19.0. The van der Waals surface area contributed by atoms with Crippen molar-refractivity contribution in [3.8, 4) is 28.3 Å². The molecule has 8 heteroatoms. The van der Waals surface area contributed by atoms with E-state index in [4.69, 9.17) is 11.6 Å². The summed E-state index contributed by atoms with van der Waals surface area (Å²) >= 11 is 5.98. The molecule has 146 valence electrons. The largest absolute Gasteiger partial charge is 0.507 e. The summed E-state index contributed by atoms with van der Waals surface area (Å²) in [6.07, 6.45) is 0. The molecule has 0 spiro atoms. The summed E-state index contributed by atoms with van der Waals surface area (Å²) < 4.78 is 25.6. The van der Waals surface area contributed by atoms with Gasteiger partial charge in [0.25, 0.3) is 10.0 Å². The van der Waals surface area contributed by atoms with Gasteiger partial charge in [0.1, 0.15) is 5.75 Å². The summed E-state index contributed by atoms with van der Waals surface area (Å²) in [5.74, 6) is 0.0470. The molecule has 4 aromatic rings. The van der Waals surface area contributed by atoms with Crippen molar-refractivity contribution in [2.75, 3.05) is 4.83 Å². The first-order chi connectivity index (χ1) is 13.9. The van der Waals surface area contributed by atoms with Crippen molar-refractivity contribution in [1.82, 2.24) is 9.89 Å². The molecule has 6 nitrogen and oxygen atoms in total. The number of phenolic OH excluding ortho intramolecular Hbond substituents is 1. The molecule has 0 radical (unpaired) electrons. The number of nitrogens with one attached hydrogen (secondary N) is 1. The number of rotatable bonds is 5. The molecule has 0 saturated heterocycles. The Labute approximate surface area is 173 Å². The third-order valence-electron chi connectivity index (χ3n) is 4.29. The smallest absolute Gasteiger partial charge is 0.276 e. The molecule has 0 amide bonds. The lowest BCUT2D eigenvalue weighted by molar-refractivity contribution is 0.477. The molecular formula is C21H16ClN3O3S. The van der Waals surface area contributed by atoms with Crippen LogP contribution in [-0.2, 0) is 10.0 Å². The molecule has 3 aromatic carbocycles. The zero-order chi connectivity index (χ0) is 20.4. The van der Waals surface area contributed by atoms with Crippen LogP contribution in [0, 0.1) is 0 Å². The highest BCUT2D eigenvalue weighted by Crippen LogP contribution is 2.31. The molecule has 4 rings (SSSR count). The maximum absolute atomic E-state index is 12.8. The van der Waals surface area contributed by atoms with Gasteiger partial charge in [-0.3, -0.25) is 0 Å². The minimum Gasteiger partial charge on any atom is -0.507 e. The monoisotopic (exact) mass is 425 g/mol. The van der Waals surface area contributed by atoms with Crippen molar-refractivity contribution in [1.29, 1.82) is 0 Å². The second-order valence-corrected chi connectivity index (χ2v) is 8.36. The van der Waals surface area contributed by atoms with Gasteiger partial charge in [0.2, 0.25) is 0 Å². The fourth-order valence-electron chi connectivity index (χ4n) is 2.87. The number of aromatic nitrogens is 2. The number of phenols is 1. The number of para-hydroxylation sites is 1. The molecule has 0 atom stereocenters. The van der Waals surface area contributed by atoms with Crippen LogP contribution in [0.1, 0.15) is 0 Å². The molecule has 0 saturated carbocycles. The van der Waals surface area contributed by atoms with E-state index in [9.17, 15) is 13.5 Å². The van der Waals surface area contributed by atoms with Gasteiger partial charge in [-0.15, -0.1) is 0 Å². The summed E-state index contributed by atoms with van der Waals surface area (Å²) in [4.78, 5) is 3.79. The first-order valence-corrected chi connectivity index (χ1v) is 10.5. The Kier molecular flexibility index (Phi) is 5.00. The fourth-order valence-corrected chi connectivity index (χ4v) is 3.98. The van der Waals surface area contributed by atoms with E-state index in [-0.39, 0.29) is 10.6 Å². The molecule has 1 heterocycles. The van der Waals surface area contributed by atoms with Gasteiger partial charge >= 0.3 is 0 Å². The minimum absolute atomic E-state index is 0.0470. The van der Waals surface area contributed by atoms with Crippen LogP contribution in [0.5, 0.6) is 5.75 Å². The second kappa shape index (κ2) is 7.62. The zero-order valence-electron chi connectivity index (χ0n) is 15.0. The Balaban J connectivity index is 1.83. The van der Waals surface area contributed by atoms with Crippen LogP contribution in [0.3, 0.4) is 0 Å². The Morgan fingerprint density at radius 3 is 2.24 bits per heavy atom. The minimum atomic E-state index is -3.87. The van der Waals surface area contributed by atoms with Gasteiger partial charge < -0.3 is 5.11 Å². The number of hydrogen-bond donors (Lipinski definition) is 2. The van der Waals surface area contributed by atoms with E-state index in [0.29, 0.717) is 27.5 Å². The van der Waals surface area contributed by atoms with Crippen LogP contribution >= 0.6 is 11.6 Å². The van der Waals surface area contributed by atoms with Gasteiger partial charge in [0.05, 0.1) is 16.3 Å². The number of nitrogens with zero attached hydrogens (tertiary/aromatic N) is 2. The number of aromatic hydroxyl groups is 1. The van der Waals surface area contributed by atoms with Gasteiger partial charge in [-0.25, -0.2) is 0 Å². The van der Waals surface area contributed by atoms with Crippen LogP contribution in [-0.4, -0.2) is 23.4 Å². The second-order valence-electron chi connectivity index (χ2n) is 6.26. The number of sulfonamides is 1. The molecular weight excluding hydrogens is 410 g/mol. The van der Waals surface area contributed by atoms with Crippen LogP contribution in [0.4, 0.5) is 0 Å². The van der Waals surface area contributed by atoms with Crippen molar-refractivity contribution in [3.63, 3.8) is 0 Å². The highest BCUT2D eigenvalue weighted by Gasteiger charge is 2.19. The molecule has 0 aliphatic heterocycles. The van der Waals surface area contributed by atoms with Gasteiger partial charge in [-0.05, 0) is 42.5 Å². The normalized spacial score (nSPS) is 11.3. The lowest BCUT2D eigenvalue weighted by Gasteiger charge is -2.11. The third-order valence-corrected chi connectivity index (χ3v) is 5.85. The first-order valence-electron chi connectivity index (χ1n) is 8.66. The molecule has 0 fully saturated rings. The summed E-state index contributed by atoms with van der Waals surface area (Å²) in [6.45, 7) is 0. The Morgan fingerprint density at radius 1 is 0.897 bits per heavy atom. The highest BCUT2D eigenvalue weighted by molar-refractivity contribution is 7.92. The van der Waals surface area contributed by atoms with Crippen molar-refractivity contribution in [2.24, 2.45) is 0 Å². The lowest BCUT2D eigenvalue weighted by atomic mass is 10.1. The van der Waals surface area contributed by atoms with E-state index in [1.54, 1.807) is 72.8 Å². The van der Waals surface area contributed by atoms with E-state index < -0.39 is 10.0 Å². The van der Waals surface area contributed by atoms with E-state index in [0.717, 1.165) is 0 Å². The van der Waals surface area contributed by atoms with E-state index >= 15 is 0 Å². The van der Waals surface area contributed by atoms with E-state index in [2.05, 4.69) is 9.93 Å². The number of hydrogen-bond acceptors (Lipinski definition) is 4. The van der Waals surface area contributed by atoms with Gasteiger partial charge in [0.15, 0.2) is 0 Å². The predicted octanol–water partition coefficient (Wildman–Crippen LogP) is 4.51. The zero-order valence-corrected chi connectivity index (χ0v) is 16.6. The quantitative estimate of drug-likeness (QED) is 0.492. The predicted molar refractivity (Wildman–Crippen MR) is 113 cm³/mol. The average Bonchev–Trinajstić information content (AvgIpc) is 3.12. The maximum atomic E-state index is 12.8. The number of halogens is 1. The lowest BCUT2D eigenvalue weighted by Crippen LogP contribution is -2.25. The highest BCUT2D eigenvalue weighted by atomic mass is 35.5. The van der Waals surface area contributed by atoms with Gasteiger partial charge in [-0.1, -0.05) is 54.1 Å². The summed E-state index contributed by atoms with van der Waals surface area (Å²) in [7, 11) is -3.87. The van der Waals surface area contributed by atoms with Crippen LogP contribution in [0.15, 0.2) is 89.8 Å². The molecule has 2 N–H and O–H groups in total. The van der Waals surface area contributed by atoms with E-state index in [1.807, 2.05) is 0 Å². The number of benzene rings is 3. The Bertz CT molecular complexity index is 1250. The molecule has 0 bridgehead atoms. The van der Waals surface area contributed by atoms with Crippen LogP contribution < -0.4 is 4.83 Å². The maximum Gasteiger partial charge on any atom is 0.276 e. The molecule has 29 heavy (non-hydrogen) atoms. The fraction of sp³-hybridized carbons (Fsp3) is 0. The standard InChI is InChI=1S/C21H16ClN3O3S/c22-16-12-10-15(11-13-16)20-14-19(18-8-4-5-9-21(18)26)23-25(20)24-29(27,28)17-6-2-1-3-7-17/h1-14,24,26H. The molecule has 0 aliphatic rings. The van der Waals surface area contributed by atoms with Crippen molar-refractivity contribution >= 4 is 21.6 Å². The average molecular weight is 426 g/mol. The summed E-state index contributed by atoms with van der Waals surface area (Å²) in [5.41, 5.74) is 2.11. The van der Waals surface area contributed by atoms with Crippen molar-refractivity contribution in [2.45, 2.75) is 4.90 Å². The summed E-state index contributed by atoms with van der Waals surface area (Å²) in [6, 6.07) is 23.4. The molecule has 0 aliphatic carbocycles.